The third kappa shape index (κ3) is 4.40. The molecule has 0 saturated carbocycles. The molecule has 1 rings (SSSR count). The Morgan fingerprint density at radius 1 is 1.38 bits per heavy atom. The van der Waals surface area contributed by atoms with E-state index in [1.165, 1.54) is 37.8 Å². The zero-order valence-corrected chi connectivity index (χ0v) is 11.0. The van der Waals surface area contributed by atoms with Crippen molar-refractivity contribution in [3.8, 4) is 0 Å². The van der Waals surface area contributed by atoms with E-state index in [9.17, 15) is 0 Å². The van der Waals surface area contributed by atoms with Gasteiger partial charge in [0.15, 0.2) is 0 Å². The van der Waals surface area contributed by atoms with Gasteiger partial charge in [-0.15, -0.1) is 0 Å². The summed E-state index contributed by atoms with van der Waals surface area (Å²) in [5.74, 6) is 0.842. The molecule has 1 N–H and O–H groups in total. The number of rotatable bonds is 8. The maximum absolute atomic E-state index is 3.19. The zero-order chi connectivity index (χ0) is 11.8. The minimum absolute atomic E-state index is 0.842. The molecule has 0 amide bonds. The van der Waals surface area contributed by atoms with Crippen LogP contribution in [-0.4, -0.2) is 11.6 Å². The van der Waals surface area contributed by atoms with E-state index in [0.717, 1.165) is 12.5 Å². The summed E-state index contributed by atoms with van der Waals surface area (Å²) in [6.07, 6.45) is 9.81. The van der Waals surface area contributed by atoms with E-state index in [0.29, 0.717) is 0 Å². The van der Waals surface area contributed by atoms with Crippen LogP contribution in [0.5, 0.6) is 0 Å². The summed E-state index contributed by atoms with van der Waals surface area (Å²) in [7, 11) is 1.99. The minimum Gasteiger partial charge on any atom is -0.354 e. The normalized spacial score (nSPS) is 12.9. The molecular weight excluding hydrogens is 196 g/mol. The summed E-state index contributed by atoms with van der Waals surface area (Å²) in [5.41, 5.74) is 1.38. The van der Waals surface area contributed by atoms with Gasteiger partial charge in [0.2, 0.25) is 0 Å². The highest BCUT2D eigenvalue weighted by molar-refractivity contribution is 5.09. The van der Waals surface area contributed by atoms with Gasteiger partial charge in [-0.3, -0.25) is 0 Å². The summed E-state index contributed by atoms with van der Waals surface area (Å²) >= 11 is 0. The average molecular weight is 222 g/mol. The van der Waals surface area contributed by atoms with E-state index < -0.39 is 0 Å². The largest absolute Gasteiger partial charge is 0.354 e. The van der Waals surface area contributed by atoms with Crippen LogP contribution in [0, 0.1) is 5.92 Å². The molecular formula is C14H26N2. The van der Waals surface area contributed by atoms with Gasteiger partial charge in [-0.25, -0.2) is 0 Å². The van der Waals surface area contributed by atoms with Crippen LogP contribution >= 0.6 is 0 Å². The molecule has 0 fully saturated rings. The van der Waals surface area contributed by atoms with Gasteiger partial charge in [-0.1, -0.05) is 33.1 Å². The molecule has 1 atom stereocenters. The second-order valence-corrected chi connectivity index (χ2v) is 4.66. The summed E-state index contributed by atoms with van der Waals surface area (Å²) in [6, 6.07) is 2.21. The molecule has 1 aromatic heterocycles. The lowest BCUT2D eigenvalue weighted by Crippen LogP contribution is -2.09. The molecule has 0 aliphatic heterocycles. The van der Waals surface area contributed by atoms with Crippen molar-refractivity contribution in [3.63, 3.8) is 0 Å². The number of nitrogens with zero attached hydrogens (tertiary/aromatic N) is 1. The van der Waals surface area contributed by atoms with Crippen LogP contribution in [0.15, 0.2) is 18.5 Å². The predicted octanol–water partition coefficient (Wildman–Crippen LogP) is 3.42. The number of hydrogen-bond donors (Lipinski definition) is 1. The molecule has 2 nitrogen and oxygen atoms in total. The van der Waals surface area contributed by atoms with Gasteiger partial charge in [-0.05, 0) is 31.0 Å². The first-order chi connectivity index (χ1) is 7.80. The maximum atomic E-state index is 3.19. The lowest BCUT2D eigenvalue weighted by Gasteiger charge is -2.15. The van der Waals surface area contributed by atoms with E-state index in [-0.39, 0.29) is 0 Å². The standard InChI is InChI=1S/C14H26N2/c1-4-6-7-13(5-2)11-16-9-8-14(12-16)10-15-3/h8-9,12-13,15H,4-7,10-11H2,1-3H3. The molecule has 1 aromatic rings. The second kappa shape index (κ2) is 7.50. The van der Waals surface area contributed by atoms with Crippen LogP contribution in [0.4, 0.5) is 0 Å². The van der Waals surface area contributed by atoms with Crippen molar-refractivity contribution in [2.24, 2.45) is 5.92 Å². The van der Waals surface area contributed by atoms with Gasteiger partial charge in [0.1, 0.15) is 0 Å². The van der Waals surface area contributed by atoms with Gasteiger partial charge in [-0.2, -0.15) is 0 Å². The molecule has 92 valence electrons. The van der Waals surface area contributed by atoms with E-state index in [4.69, 9.17) is 0 Å². The zero-order valence-electron chi connectivity index (χ0n) is 11.0. The topological polar surface area (TPSA) is 17.0 Å². The van der Waals surface area contributed by atoms with Crippen molar-refractivity contribution in [1.29, 1.82) is 0 Å². The smallest absolute Gasteiger partial charge is 0.0247 e. The van der Waals surface area contributed by atoms with Crippen LogP contribution in [0.2, 0.25) is 0 Å². The van der Waals surface area contributed by atoms with Crippen LogP contribution in [0.1, 0.15) is 45.1 Å². The first-order valence-electron chi connectivity index (χ1n) is 6.59. The quantitative estimate of drug-likeness (QED) is 0.713. The molecule has 0 radical (unpaired) electrons. The van der Waals surface area contributed by atoms with E-state index in [2.05, 4.69) is 42.2 Å². The summed E-state index contributed by atoms with van der Waals surface area (Å²) in [5, 5.41) is 3.19. The molecule has 2 heteroatoms. The third-order valence-corrected chi connectivity index (χ3v) is 3.20. The van der Waals surface area contributed by atoms with E-state index in [1.54, 1.807) is 0 Å². The highest BCUT2D eigenvalue weighted by Crippen LogP contribution is 2.15. The summed E-state index contributed by atoms with van der Waals surface area (Å²) in [4.78, 5) is 0. The van der Waals surface area contributed by atoms with Crippen molar-refractivity contribution < 1.29 is 0 Å². The van der Waals surface area contributed by atoms with Crippen LogP contribution < -0.4 is 5.32 Å². The lowest BCUT2D eigenvalue weighted by atomic mass is 9.99. The van der Waals surface area contributed by atoms with Crippen LogP contribution in [0.25, 0.3) is 0 Å². The molecule has 0 saturated heterocycles. The molecule has 1 unspecified atom stereocenters. The first-order valence-corrected chi connectivity index (χ1v) is 6.59. The van der Waals surface area contributed by atoms with E-state index >= 15 is 0 Å². The Balaban J connectivity index is 2.43. The SMILES string of the molecule is CCCCC(CC)Cn1ccc(CNC)c1. The first kappa shape index (κ1) is 13.3. The fraction of sp³-hybridized carbons (Fsp3) is 0.714. The number of nitrogens with one attached hydrogen (secondary N) is 1. The Kier molecular flexibility index (Phi) is 6.24. The Bertz CT molecular complexity index is 278. The Morgan fingerprint density at radius 3 is 2.81 bits per heavy atom. The molecule has 16 heavy (non-hydrogen) atoms. The summed E-state index contributed by atoms with van der Waals surface area (Å²) < 4.78 is 2.34. The Morgan fingerprint density at radius 2 is 2.19 bits per heavy atom. The number of aromatic nitrogens is 1. The summed E-state index contributed by atoms with van der Waals surface area (Å²) in [6.45, 7) is 6.73. The molecule has 0 bridgehead atoms. The highest BCUT2D eigenvalue weighted by Gasteiger charge is 2.06. The fourth-order valence-corrected chi connectivity index (χ4v) is 2.13. The number of unbranched alkanes of at least 4 members (excludes halogenated alkanes) is 1. The second-order valence-electron chi connectivity index (χ2n) is 4.66. The van der Waals surface area contributed by atoms with Crippen molar-refractivity contribution >= 4 is 0 Å². The molecule has 1 heterocycles. The van der Waals surface area contributed by atoms with E-state index in [1.807, 2.05) is 7.05 Å². The van der Waals surface area contributed by atoms with Gasteiger partial charge in [0.25, 0.3) is 0 Å². The van der Waals surface area contributed by atoms with Crippen LogP contribution in [-0.2, 0) is 13.1 Å². The monoisotopic (exact) mass is 222 g/mol. The fourth-order valence-electron chi connectivity index (χ4n) is 2.13. The molecule has 0 spiro atoms. The van der Waals surface area contributed by atoms with Gasteiger partial charge in [0.05, 0.1) is 0 Å². The van der Waals surface area contributed by atoms with Gasteiger partial charge >= 0.3 is 0 Å². The van der Waals surface area contributed by atoms with Gasteiger partial charge < -0.3 is 9.88 Å². The Hall–Kier alpha value is -0.760. The van der Waals surface area contributed by atoms with Crippen molar-refractivity contribution in [2.45, 2.75) is 52.6 Å². The third-order valence-electron chi connectivity index (χ3n) is 3.20. The van der Waals surface area contributed by atoms with Gasteiger partial charge in [0, 0.05) is 25.5 Å². The molecule has 0 aliphatic rings. The highest BCUT2D eigenvalue weighted by atomic mass is 14.9. The average Bonchev–Trinajstić information content (AvgIpc) is 2.72. The maximum Gasteiger partial charge on any atom is 0.0247 e. The molecule has 0 aliphatic carbocycles. The van der Waals surface area contributed by atoms with Crippen molar-refractivity contribution in [2.75, 3.05) is 7.05 Å². The Labute approximate surface area is 100 Å². The van der Waals surface area contributed by atoms with Crippen LogP contribution in [0.3, 0.4) is 0 Å². The lowest BCUT2D eigenvalue weighted by molar-refractivity contribution is 0.391. The van der Waals surface area contributed by atoms with Crippen molar-refractivity contribution in [1.82, 2.24) is 9.88 Å². The minimum atomic E-state index is 0.842. The number of hydrogen-bond acceptors (Lipinski definition) is 1. The van der Waals surface area contributed by atoms with Crippen molar-refractivity contribution in [3.05, 3.63) is 24.0 Å². The molecule has 0 aromatic carbocycles. The predicted molar refractivity (Wildman–Crippen MR) is 70.5 cm³/mol.